The first-order valence-electron chi connectivity index (χ1n) is 7.06. The second-order valence-electron chi connectivity index (χ2n) is 6.75. The first kappa shape index (κ1) is 16.0. The van der Waals surface area contributed by atoms with Crippen molar-refractivity contribution in [1.29, 1.82) is 0 Å². The van der Waals surface area contributed by atoms with E-state index in [2.05, 4.69) is 27.7 Å². The molecule has 108 valence electrons. The maximum atomic E-state index is 12.6. The zero-order valence-electron chi connectivity index (χ0n) is 13.1. The van der Waals surface area contributed by atoms with Crippen LogP contribution in [0.2, 0.25) is 0 Å². The van der Waals surface area contributed by atoms with Crippen LogP contribution in [0.25, 0.3) is 0 Å². The predicted octanol–water partition coefficient (Wildman–Crippen LogP) is 3.17. The summed E-state index contributed by atoms with van der Waals surface area (Å²) < 4.78 is 1.83. The van der Waals surface area contributed by atoms with Crippen molar-refractivity contribution in [3.63, 3.8) is 0 Å². The molecule has 0 aliphatic carbocycles. The highest BCUT2D eigenvalue weighted by Crippen LogP contribution is 2.24. The van der Waals surface area contributed by atoms with Gasteiger partial charge in [-0.05, 0) is 32.4 Å². The molecule has 1 heterocycles. The molecule has 1 aromatic rings. The Morgan fingerprint density at radius 2 is 1.74 bits per heavy atom. The van der Waals surface area contributed by atoms with Gasteiger partial charge in [-0.3, -0.25) is 4.79 Å². The Kier molecular flexibility index (Phi) is 4.62. The average Bonchev–Trinajstić information content (AvgIpc) is 2.23. The third-order valence-electron chi connectivity index (χ3n) is 3.34. The highest BCUT2D eigenvalue weighted by molar-refractivity contribution is 5.24. The molecule has 0 bridgehead atoms. The van der Waals surface area contributed by atoms with E-state index in [0.717, 1.165) is 18.5 Å². The molecule has 3 heteroatoms. The molecular weight excluding hydrogens is 238 g/mol. The van der Waals surface area contributed by atoms with E-state index in [9.17, 15) is 9.90 Å². The third-order valence-corrected chi connectivity index (χ3v) is 3.34. The second-order valence-corrected chi connectivity index (χ2v) is 6.75. The standard InChI is InChI=1S/C16H27NO2/c1-7-8-11-17-13(15(2,3)4)10-9-12(14(17)18)16(5,6)19/h9-10,19H,7-8,11H2,1-6H3. The van der Waals surface area contributed by atoms with Gasteiger partial charge in [0.2, 0.25) is 0 Å². The monoisotopic (exact) mass is 265 g/mol. The Hall–Kier alpha value is -1.09. The number of aromatic nitrogens is 1. The summed E-state index contributed by atoms with van der Waals surface area (Å²) in [7, 11) is 0. The van der Waals surface area contributed by atoms with Crippen LogP contribution in [0.3, 0.4) is 0 Å². The molecule has 0 saturated heterocycles. The van der Waals surface area contributed by atoms with Crippen LogP contribution in [0.1, 0.15) is 65.6 Å². The van der Waals surface area contributed by atoms with E-state index in [-0.39, 0.29) is 11.0 Å². The van der Waals surface area contributed by atoms with Crippen LogP contribution in [-0.2, 0) is 17.6 Å². The summed E-state index contributed by atoms with van der Waals surface area (Å²) in [6.45, 7) is 12.5. The van der Waals surface area contributed by atoms with Crippen molar-refractivity contribution in [2.45, 2.75) is 71.9 Å². The molecule has 0 atom stereocenters. The lowest BCUT2D eigenvalue weighted by Crippen LogP contribution is -2.36. The Bertz CT molecular complexity index is 487. The summed E-state index contributed by atoms with van der Waals surface area (Å²) in [5.74, 6) is 0. The number of hydrogen-bond donors (Lipinski definition) is 1. The van der Waals surface area contributed by atoms with Crippen LogP contribution < -0.4 is 5.56 Å². The Labute approximate surface area is 116 Å². The molecule has 0 radical (unpaired) electrons. The highest BCUT2D eigenvalue weighted by atomic mass is 16.3. The van der Waals surface area contributed by atoms with E-state index in [1.807, 2.05) is 10.6 Å². The molecule has 1 aromatic heterocycles. The minimum absolute atomic E-state index is 0.0617. The Balaban J connectivity index is 3.46. The van der Waals surface area contributed by atoms with Crippen molar-refractivity contribution in [2.75, 3.05) is 0 Å². The maximum absolute atomic E-state index is 12.6. The van der Waals surface area contributed by atoms with Gasteiger partial charge in [0.25, 0.3) is 5.56 Å². The van der Waals surface area contributed by atoms with Crippen molar-refractivity contribution in [3.8, 4) is 0 Å². The molecule has 3 nitrogen and oxygen atoms in total. The van der Waals surface area contributed by atoms with E-state index in [1.54, 1.807) is 19.9 Å². The Morgan fingerprint density at radius 1 is 1.16 bits per heavy atom. The molecule has 0 aromatic carbocycles. The summed E-state index contributed by atoms with van der Waals surface area (Å²) in [4.78, 5) is 12.6. The Morgan fingerprint density at radius 3 is 2.16 bits per heavy atom. The molecule has 0 saturated carbocycles. The zero-order valence-corrected chi connectivity index (χ0v) is 13.1. The lowest BCUT2D eigenvalue weighted by atomic mass is 9.89. The van der Waals surface area contributed by atoms with Gasteiger partial charge in [-0.15, -0.1) is 0 Å². The second kappa shape index (κ2) is 5.49. The molecule has 0 amide bonds. The molecular formula is C16H27NO2. The zero-order chi connectivity index (χ0) is 14.8. The fraction of sp³-hybridized carbons (Fsp3) is 0.688. The van der Waals surface area contributed by atoms with Crippen LogP contribution in [0.5, 0.6) is 0 Å². The molecule has 0 aliphatic rings. The number of aliphatic hydroxyl groups is 1. The van der Waals surface area contributed by atoms with E-state index < -0.39 is 5.60 Å². The molecule has 0 spiro atoms. The number of rotatable bonds is 4. The SMILES string of the molecule is CCCCn1c(C(C)(C)C)ccc(C(C)(C)O)c1=O. The van der Waals surface area contributed by atoms with Crippen LogP contribution in [-0.4, -0.2) is 9.67 Å². The van der Waals surface area contributed by atoms with Gasteiger partial charge in [-0.1, -0.05) is 34.1 Å². The first-order chi connectivity index (χ1) is 8.59. The summed E-state index contributed by atoms with van der Waals surface area (Å²) in [5, 5.41) is 10.1. The normalized spacial score (nSPS) is 12.8. The lowest BCUT2D eigenvalue weighted by molar-refractivity contribution is 0.0763. The lowest BCUT2D eigenvalue weighted by Gasteiger charge is -2.27. The largest absolute Gasteiger partial charge is 0.386 e. The minimum Gasteiger partial charge on any atom is -0.386 e. The third kappa shape index (κ3) is 3.69. The minimum atomic E-state index is -1.10. The number of nitrogens with zero attached hydrogens (tertiary/aromatic N) is 1. The van der Waals surface area contributed by atoms with Gasteiger partial charge in [0.05, 0.1) is 5.60 Å². The summed E-state index contributed by atoms with van der Waals surface area (Å²) in [5.41, 5.74) is 0.260. The van der Waals surface area contributed by atoms with Gasteiger partial charge in [0.1, 0.15) is 0 Å². The van der Waals surface area contributed by atoms with E-state index in [0.29, 0.717) is 12.1 Å². The number of pyridine rings is 1. The van der Waals surface area contributed by atoms with Crippen LogP contribution in [0.15, 0.2) is 16.9 Å². The van der Waals surface area contributed by atoms with Crippen molar-refractivity contribution < 1.29 is 5.11 Å². The molecule has 1 rings (SSSR count). The van der Waals surface area contributed by atoms with Gasteiger partial charge in [-0.2, -0.15) is 0 Å². The fourth-order valence-corrected chi connectivity index (χ4v) is 2.24. The molecule has 0 unspecified atom stereocenters. The number of unbranched alkanes of at least 4 members (excludes halogenated alkanes) is 1. The quantitative estimate of drug-likeness (QED) is 0.908. The molecule has 0 fully saturated rings. The van der Waals surface area contributed by atoms with Crippen LogP contribution in [0.4, 0.5) is 0 Å². The molecule has 0 aliphatic heterocycles. The van der Waals surface area contributed by atoms with Crippen molar-refractivity contribution >= 4 is 0 Å². The topological polar surface area (TPSA) is 42.2 Å². The van der Waals surface area contributed by atoms with Gasteiger partial charge >= 0.3 is 0 Å². The van der Waals surface area contributed by atoms with E-state index in [1.165, 1.54) is 0 Å². The van der Waals surface area contributed by atoms with E-state index >= 15 is 0 Å². The molecule has 1 N–H and O–H groups in total. The smallest absolute Gasteiger partial charge is 0.256 e. The summed E-state index contributed by atoms with van der Waals surface area (Å²) >= 11 is 0. The van der Waals surface area contributed by atoms with Crippen molar-refractivity contribution in [2.24, 2.45) is 0 Å². The average molecular weight is 265 g/mol. The van der Waals surface area contributed by atoms with Crippen LogP contribution >= 0.6 is 0 Å². The predicted molar refractivity (Wildman–Crippen MR) is 79.6 cm³/mol. The fourth-order valence-electron chi connectivity index (χ4n) is 2.24. The van der Waals surface area contributed by atoms with Gasteiger partial charge in [-0.25, -0.2) is 0 Å². The molecule has 19 heavy (non-hydrogen) atoms. The van der Waals surface area contributed by atoms with Gasteiger partial charge < -0.3 is 9.67 Å². The van der Waals surface area contributed by atoms with Gasteiger partial charge in [0, 0.05) is 23.2 Å². The van der Waals surface area contributed by atoms with Crippen LogP contribution in [0, 0.1) is 0 Å². The van der Waals surface area contributed by atoms with E-state index in [4.69, 9.17) is 0 Å². The van der Waals surface area contributed by atoms with Gasteiger partial charge in [0.15, 0.2) is 0 Å². The first-order valence-corrected chi connectivity index (χ1v) is 7.06. The highest BCUT2D eigenvalue weighted by Gasteiger charge is 2.25. The summed E-state index contributed by atoms with van der Waals surface area (Å²) in [6.07, 6.45) is 2.01. The van der Waals surface area contributed by atoms with Crippen molar-refractivity contribution in [1.82, 2.24) is 4.57 Å². The summed E-state index contributed by atoms with van der Waals surface area (Å²) in [6, 6.07) is 3.75. The van der Waals surface area contributed by atoms with Crippen molar-refractivity contribution in [3.05, 3.63) is 33.7 Å². The maximum Gasteiger partial charge on any atom is 0.256 e. The number of hydrogen-bond acceptors (Lipinski definition) is 2.